The average molecular weight is 764 g/mol. The fourth-order valence-corrected chi connectivity index (χ4v) is 10.5. The van der Waals surface area contributed by atoms with Crippen LogP contribution in [0.1, 0.15) is 0 Å². The van der Waals surface area contributed by atoms with Gasteiger partial charge in [0.1, 0.15) is 11.2 Å². The number of hydrogen-bond donors (Lipinski definition) is 0. The second-order valence-electron chi connectivity index (χ2n) is 14.4. The Morgan fingerprint density at radius 1 is 0.298 bits per heavy atom. The van der Waals surface area contributed by atoms with Gasteiger partial charge in [-0.3, -0.25) is 0 Å². The summed E-state index contributed by atoms with van der Waals surface area (Å²) in [5.41, 5.74) is 9.32. The van der Waals surface area contributed by atoms with Gasteiger partial charge in [-0.25, -0.2) is 15.0 Å². The first-order chi connectivity index (χ1) is 28.2. The molecule has 0 aliphatic carbocycles. The van der Waals surface area contributed by atoms with Crippen LogP contribution in [0.3, 0.4) is 0 Å². The second kappa shape index (κ2) is 12.8. The molecule has 0 unspecified atom stereocenters. The van der Waals surface area contributed by atoms with Gasteiger partial charge < -0.3 is 4.42 Å². The minimum atomic E-state index is 0.604. The van der Waals surface area contributed by atoms with Gasteiger partial charge >= 0.3 is 0 Å². The van der Waals surface area contributed by atoms with E-state index in [1.165, 1.54) is 62.6 Å². The van der Waals surface area contributed by atoms with Crippen molar-refractivity contribution in [2.75, 3.05) is 0 Å². The molecule has 0 saturated carbocycles. The van der Waals surface area contributed by atoms with Crippen LogP contribution in [0.5, 0.6) is 0 Å². The standard InChI is InChI=1S/C51H29N3OS2/c1-2-10-30(11-3-1)49-52-50(33-19-22-38-37-14-6-8-16-43(37)55-44(38)27-33)54-51(53-49)34-20-24-41-40-23-18-32(28-47(40)57-48(41)29-34)36-13-5-4-12-35(36)31-21-25-46-42(26-31)39-15-7-9-17-45(39)56-46/h1-29H. The molecule has 12 rings (SSSR count). The Bertz CT molecular complexity index is 3540. The predicted octanol–water partition coefficient (Wildman–Crippen LogP) is 14.8. The molecule has 0 radical (unpaired) electrons. The summed E-state index contributed by atoms with van der Waals surface area (Å²) in [6.07, 6.45) is 0. The lowest BCUT2D eigenvalue weighted by Crippen LogP contribution is -2.00. The van der Waals surface area contributed by atoms with E-state index in [4.69, 9.17) is 19.4 Å². The Kier molecular flexibility index (Phi) is 7.24. The number of para-hydroxylation sites is 1. The highest BCUT2D eigenvalue weighted by molar-refractivity contribution is 7.26. The van der Waals surface area contributed by atoms with Crippen LogP contribution in [0.15, 0.2) is 180 Å². The molecule has 266 valence electrons. The number of hydrogen-bond acceptors (Lipinski definition) is 6. The van der Waals surface area contributed by atoms with Crippen molar-refractivity contribution in [3.63, 3.8) is 0 Å². The molecule has 0 aliphatic heterocycles. The van der Waals surface area contributed by atoms with Crippen LogP contribution in [0.2, 0.25) is 0 Å². The predicted molar refractivity (Wildman–Crippen MR) is 240 cm³/mol. The maximum absolute atomic E-state index is 6.24. The lowest BCUT2D eigenvalue weighted by Gasteiger charge is -2.11. The van der Waals surface area contributed by atoms with Gasteiger partial charge in [0, 0.05) is 67.8 Å². The molecule has 0 atom stereocenters. The van der Waals surface area contributed by atoms with Gasteiger partial charge in [-0.05, 0) is 70.8 Å². The van der Waals surface area contributed by atoms with Gasteiger partial charge in [0.15, 0.2) is 17.5 Å². The second-order valence-corrected chi connectivity index (χ2v) is 16.5. The van der Waals surface area contributed by atoms with Gasteiger partial charge in [-0.1, -0.05) is 127 Å². The summed E-state index contributed by atoms with van der Waals surface area (Å²) < 4.78 is 11.3. The average Bonchev–Trinajstić information content (AvgIpc) is 3.96. The summed E-state index contributed by atoms with van der Waals surface area (Å²) in [4.78, 5) is 15.1. The van der Waals surface area contributed by atoms with Crippen molar-refractivity contribution < 1.29 is 4.42 Å². The van der Waals surface area contributed by atoms with Crippen LogP contribution in [0.25, 0.3) is 119 Å². The first kappa shape index (κ1) is 32.3. The maximum Gasteiger partial charge on any atom is 0.164 e. The Hall–Kier alpha value is -6.99. The lowest BCUT2D eigenvalue weighted by atomic mass is 9.93. The number of aromatic nitrogens is 3. The lowest BCUT2D eigenvalue weighted by molar-refractivity contribution is 0.669. The topological polar surface area (TPSA) is 51.8 Å². The summed E-state index contributed by atoms with van der Waals surface area (Å²) in [5, 5.41) is 7.26. The third-order valence-electron chi connectivity index (χ3n) is 11.0. The van der Waals surface area contributed by atoms with Crippen molar-refractivity contribution in [2.24, 2.45) is 0 Å². The normalized spacial score (nSPS) is 11.9. The molecule has 0 saturated heterocycles. The van der Waals surface area contributed by atoms with Gasteiger partial charge in [-0.15, -0.1) is 22.7 Å². The van der Waals surface area contributed by atoms with Crippen LogP contribution in [0, 0.1) is 0 Å². The summed E-state index contributed by atoms with van der Waals surface area (Å²) in [6, 6.07) is 62.3. The molecule has 8 aromatic carbocycles. The van der Waals surface area contributed by atoms with Gasteiger partial charge in [-0.2, -0.15) is 0 Å². The Morgan fingerprint density at radius 3 is 1.56 bits per heavy atom. The largest absolute Gasteiger partial charge is 0.456 e. The molecule has 0 bridgehead atoms. The molecule has 4 heterocycles. The minimum Gasteiger partial charge on any atom is -0.456 e. The van der Waals surface area contributed by atoms with Crippen LogP contribution in [-0.4, -0.2) is 15.0 Å². The first-order valence-corrected chi connectivity index (χ1v) is 20.5. The van der Waals surface area contributed by atoms with E-state index >= 15 is 0 Å². The third-order valence-corrected chi connectivity index (χ3v) is 13.2. The summed E-state index contributed by atoms with van der Waals surface area (Å²) in [5.74, 6) is 1.87. The monoisotopic (exact) mass is 763 g/mol. The van der Waals surface area contributed by atoms with E-state index in [0.29, 0.717) is 17.5 Å². The number of nitrogens with zero attached hydrogens (tertiary/aromatic N) is 3. The summed E-state index contributed by atoms with van der Waals surface area (Å²) >= 11 is 3.66. The van der Waals surface area contributed by atoms with Gasteiger partial charge in [0.25, 0.3) is 0 Å². The van der Waals surface area contributed by atoms with Crippen LogP contribution in [0.4, 0.5) is 0 Å². The number of rotatable bonds is 5. The van der Waals surface area contributed by atoms with Crippen molar-refractivity contribution in [1.29, 1.82) is 0 Å². The third kappa shape index (κ3) is 5.37. The zero-order chi connectivity index (χ0) is 37.5. The number of fused-ring (bicyclic) bond motifs is 9. The molecule has 6 heteroatoms. The van der Waals surface area contributed by atoms with Crippen LogP contribution >= 0.6 is 22.7 Å². The van der Waals surface area contributed by atoms with E-state index in [2.05, 4.69) is 121 Å². The van der Waals surface area contributed by atoms with Crippen LogP contribution < -0.4 is 0 Å². The van der Waals surface area contributed by atoms with Gasteiger partial charge in [0.05, 0.1) is 0 Å². The molecule has 12 aromatic rings. The van der Waals surface area contributed by atoms with E-state index in [1.807, 2.05) is 77.3 Å². The smallest absolute Gasteiger partial charge is 0.164 e. The Labute approximate surface area is 335 Å². The van der Waals surface area contributed by atoms with Crippen molar-refractivity contribution in [1.82, 2.24) is 15.0 Å². The molecule has 0 amide bonds. The van der Waals surface area contributed by atoms with Gasteiger partial charge in [0.2, 0.25) is 0 Å². The molecule has 0 aliphatic rings. The fourth-order valence-electron chi connectivity index (χ4n) is 8.18. The quantitative estimate of drug-likeness (QED) is 0.175. The van der Waals surface area contributed by atoms with Crippen molar-refractivity contribution in [3.05, 3.63) is 176 Å². The van der Waals surface area contributed by atoms with E-state index in [9.17, 15) is 0 Å². The van der Waals surface area contributed by atoms with Crippen LogP contribution in [-0.2, 0) is 0 Å². The van der Waals surface area contributed by atoms with Crippen molar-refractivity contribution in [2.45, 2.75) is 0 Å². The maximum atomic E-state index is 6.24. The van der Waals surface area contributed by atoms with E-state index < -0.39 is 0 Å². The van der Waals surface area contributed by atoms with E-state index in [-0.39, 0.29) is 0 Å². The molecular weight excluding hydrogens is 735 g/mol. The molecule has 4 nitrogen and oxygen atoms in total. The first-order valence-electron chi connectivity index (χ1n) is 18.9. The minimum absolute atomic E-state index is 0.604. The molecule has 0 N–H and O–H groups in total. The van der Waals surface area contributed by atoms with Crippen molar-refractivity contribution in [3.8, 4) is 56.4 Å². The Morgan fingerprint density at radius 2 is 0.789 bits per heavy atom. The van der Waals surface area contributed by atoms with Crippen molar-refractivity contribution >= 4 is 85.0 Å². The zero-order valence-electron chi connectivity index (χ0n) is 30.3. The number of thiophene rings is 2. The number of furan rings is 1. The summed E-state index contributed by atoms with van der Waals surface area (Å²) in [6.45, 7) is 0. The fraction of sp³-hybridized carbons (Fsp3) is 0. The molecule has 0 fully saturated rings. The van der Waals surface area contributed by atoms with E-state index in [0.717, 1.165) is 38.6 Å². The highest BCUT2D eigenvalue weighted by atomic mass is 32.1. The number of benzene rings is 8. The highest BCUT2D eigenvalue weighted by Crippen LogP contribution is 2.42. The van der Waals surface area contributed by atoms with E-state index in [1.54, 1.807) is 0 Å². The molecule has 57 heavy (non-hydrogen) atoms. The highest BCUT2D eigenvalue weighted by Gasteiger charge is 2.17. The molecular formula is C51H29N3OS2. The Balaban J connectivity index is 0.952. The molecule has 4 aromatic heterocycles. The molecule has 0 spiro atoms. The SMILES string of the molecule is c1ccc(-c2nc(-c3ccc4c(c3)oc3ccccc34)nc(-c3ccc4c(c3)sc3cc(-c5ccccc5-c5ccc6sc7ccccc7c6c5)ccc34)n2)cc1. The summed E-state index contributed by atoms with van der Waals surface area (Å²) in [7, 11) is 0. The zero-order valence-corrected chi connectivity index (χ0v) is 31.9.